The van der Waals surface area contributed by atoms with Gasteiger partial charge in [0.05, 0.1) is 17.7 Å². The molecule has 0 spiro atoms. The number of sulfonamides is 1. The lowest BCUT2D eigenvalue weighted by molar-refractivity contribution is -0.140. The summed E-state index contributed by atoms with van der Waals surface area (Å²) in [6, 6.07) is 20.8. The zero-order valence-corrected chi connectivity index (χ0v) is 24.9. The minimum Gasteiger partial charge on any atom is -0.497 e. The van der Waals surface area contributed by atoms with E-state index < -0.39 is 28.5 Å². The molecule has 4 rings (SSSR count). The van der Waals surface area contributed by atoms with E-state index in [9.17, 15) is 18.0 Å². The number of anilines is 1. The highest BCUT2D eigenvalue weighted by Crippen LogP contribution is 2.26. The van der Waals surface area contributed by atoms with Gasteiger partial charge in [0.15, 0.2) is 0 Å². The van der Waals surface area contributed by atoms with Crippen LogP contribution in [0.1, 0.15) is 44.6 Å². The molecule has 1 atom stereocenters. The molecule has 0 bridgehead atoms. The predicted octanol–water partition coefficient (Wildman–Crippen LogP) is 5.41. The van der Waals surface area contributed by atoms with Crippen LogP contribution in [-0.2, 0) is 26.2 Å². The molecule has 1 N–H and O–H groups in total. The van der Waals surface area contributed by atoms with Crippen LogP contribution < -0.4 is 14.4 Å². The van der Waals surface area contributed by atoms with Crippen LogP contribution in [0.5, 0.6) is 5.75 Å². The summed E-state index contributed by atoms with van der Waals surface area (Å²) in [6.45, 7) is 1.48. The number of methoxy groups -OCH3 is 1. The number of hydrogen-bond donors (Lipinski definition) is 1. The number of hydrogen-bond acceptors (Lipinski definition) is 5. The molecule has 1 aliphatic rings. The Bertz CT molecular complexity index is 1410. The summed E-state index contributed by atoms with van der Waals surface area (Å²) in [5, 5.41) is 3.56. The molecule has 1 fully saturated rings. The minimum atomic E-state index is -4.12. The Morgan fingerprint density at radius 1 is 0.976 bits per heavy atom. The van der Waals surface area contributed by atoms with Gasteiger partial charge < -0.3 is 15.0 Å². The van der Waals surface area contributed by atoms with Crippen LogP contribution in [0.15, 0.2) is 83.8 Å². The van der Waals surface area contributed by atoms with Gasteiger partial charge >= 0.3 is 0 Å². The summed E-state index contributed by atoms with van der Waals surface area (Å²) in [7, 11) is -2.55. The maximum atomic E-state index is 14.1. The molecule has 10 heteroatoms. The molecule has 3 aromatic rings. The van der Waals surface area contributed by atoms with Gasteiger partial charge in [-0.05, 0) is 73.4 Å². The van der Waals surface area contributed by atoms with Gasteiger partial charge in [0.25, 0.3) is 10.0 Å². The first-order valence-electron chi connectivity index (χ1n) is 13.8. The van der Waals surface area contributed by atoms with E-state index >= 15 is 0 Å². The fourth-order valence-corrected chi connectivity index (χ4v) is 6.63. The van der Waals surface area contributed by atoms with Crippen LogP contribution in [0.25, 0.3) is 0 Å². The fourth-order valence-electron chi connectivity index (χ4n) is 5.07. The highest BCUT2D eigenvalue weighted by Gasteiger charge is 2.34. The van der Waals surface area contributed by atoms with Crippen molar-refractivity contribution in [1.29, 1.82) is 0 Å². The Labute approximate surface area is 247 Å². The fraction of sp³-hybridized carbons (Fsp3) is 0.355. The first-order chi connectivity index (χ1) is 19.7. The van der Waals surface area contributed by atoms with E-state index in [0.717, 1.165) is 35.6 Å². The highest BCUT2D eigenvalue weighted by molar-refractivity contribution is 7.92. The van der Waals surface area contributed by atoms with Crippen molar-refractivity contribution < 1.29 is 22.7 Å². The van der Waals surface area contributed by atoms with Crippen LogP contribution in [0.3, 0.4) is 0 Å². The van der Waals surface area contributed by atoms with Crippen molar-refractivity contribution in [2.75, 3.05) is 18.0 Å². The third-order valence-corrected chi connectivity index (χ3v) is 9.36. The van der Waals surface area contributed by atoms with Crippen LogP contribution in [0.4, 0.5) is 5.69 Å². The zero-order chi connectivity index (χ0) is 29.4. The van der Waals surface area contributed by atoms with Crippen molar-refractivity contribution in [2.24, 2.45) is 0 Å². The molecule has 218 valence electrons. The lowest BCUT2D eigenvalue weighted by atomic mass is 10.1. The Kier molecular flexibility index (Phi) is 10.3. The van der Waals surface area contributed by atoms with Gasteiger partial charge in [0, 0.05) is 17.6 Å². The number of nitrogens with zero attached hydrogens (tertiary/aromatic N) is 2. The number of carbonyl (C=O) groups is 2. The molecular formula is C31H36ClN3O5S. The molecule has 8 nitrogen and oxygen atoms in total. The summed E-state index contributed by atoms with van der Waals surface area (Å²) < 4.78 is 34.0. The SMILES string of the molecule is CC[C@@H](C(=O)NC1CCCC1)N(Cc1ccc(OC)cc1)C(=O)CN(c1ccc(Cl)cc1)S(=O)(=O)c1ccccc1. The number of ether oxygens (including phenoxy) is 1. The van der Waals surface area contributed by atoms with Gasteiger partial charge in [-0.1, -0.05) is 61.7 Å². The van der Waals surface area contributed by atoms with Gasteiger partial charge in [-0.25, -0.2) is 8.42 Å². The second-order valence-corrected chi connectivity index (χ2v) is 12.4. The average molecular weight is 598 g/mol. The quantitative estimate of drug-likeness (QED) is 0.301. The molecule has 2 amide bonds. The van der Waals surface area contributed by atoms with Gasteiger partial charge in [0.1, 0.15) is 18.3 Å². The van der Waals surface area contributed by atoms with Crippen LogP contribution in [0, 0.1) is 0 Å². The summed E-state index contributed by atoms with van der Waals surface area (Å²) >= 11 is 6.08. The molecule has 41 heavy (non-hydrogen) atoms. The molecule has 0 aliphatic heterocycles. The molecule has 1 aliphatic carbocycles. The molecular weight excluding hydrogens is 562 g/mol. The molecule has 0 unspecified atom stereocenters. The predicted molar refractivity (Wildman–Crippen MR) is 160 cm³/mol. The van der Waals surface area contributed by atoms with E-state index in [1.165, 1.54) is 17.0 Å². The second-order valence-electron chi connectivity index (χ2n) is 10.1. The van der Waals surface area contributed by atoms with Crippen molar-refractivity contribution >= 4 is 39.1 Å². The number of nitrogens with one attached hydrogen (secondary N) is 1. The monoisotopic (exact) mass is 597 g/mol. The Balaban J connectivity index is 1.69. The maximum absolute atomic E-state index is 14.1. The molecule has 0 radical (unpaired) electrons. The summed E-state index contributed by atoms with van der Waals surface area (Å²) in [5.41, 5.74) is 1.08. The van der Waals surface area contributed by atoms with Crippen molar-refractivity contribution in [1.82, 2.24) is 10.2 Å². The zero-order valence-electron chi connectivity index (χ0n) is 23.3. The van der Waals surface area contributed by atoms with E-state index in [1.54, 1.807) is 61.7 Å². The standard InChI is InChI=1S/C31H36ClN3O5S/c1-3-29(31(37)33-25-9-7-8-10-25)34(21-23-13-19-27(40-2)20-14-23)30(36)22-35(26-17-15-24(32)16-18-26)41(38,39)28-11-5-4-6-12-28/h4-6,11-20,25,29H,3,7-10,21-22H2,1-2H3,(H,33,37)/t29-/m0/s1. The lowest BCUT2D eigenvalue weighted by Crippen LogP contribution is -2.53. The van der Waals surface area contributed by atoms with E-state index in [2.05, 4.69) is 5.32 Å². The third kappa shape index (κ3) is 7.59. The van der Waals surface area contributed by atoms with Crippen LogP contribution in [0.2, 0.25) is 5.02 Å². The molecule has 3 aromatic carbocycles. The van der Waals surface area contributed by atoms with E-state index in [4.69, 9.17) is 16.3 Å². The van der Waals surface area contributed by atoms with E-state index in [0.29, 0.717) is 22.9 Å². The second kappa shape index (κ2) is 13.9. The largest absolute Gasteiger partial charge is 0.497 e. The maximum Gasteiger partial charge on any atom is 0.264 e. The molecule has 1 saturated carbocycles. The summed E-state index contributed by atoms with van der Waals surface area (Å²) in [5.74, 6) is -0.0607. The minimum absolute atomic E-state index is 0.0514. The third-order valence-electron chi connectivity index (χ3n) is 7.32. The first-order valence-corrected chi connectivity index (χ1v) is 15.6. The van der Waals surface area contributed by atoms with Crippen molar-refractivity contribution in [3.05, 3.63) is 89.4 Å². The smallest absolute Gasteiger partial charge is 0.264 e. The van der Waals surface area contributed by atoms with Gasteiger partial charge in [-0.3, -0.25) is 13.9 Å². The summed E-state index contributed by atoms with van der Waals surface area (Å²) in [6.07, 6.45) is 4.31. The van der Waals surface area contributed by atoms with Gasteiger partial charge in [-0.2, -0.15) is 0 Å². The van der Waals surface area contributed by atoms with Crippen LogP contribution >= 0.6 is 11.6 Å². The molecule has 0 aromatic heterocycles. The number of halogens is 1. The van der Waals surface area contributed by atoms with E-state index in [-0.39, 0.29) is 23.4 Å². The Morgan fingerprint density at radius 2 is 1.61 bits per heavy atom. The van der Waals surface area contributed by atoms with Crippen molar-refractivity contribution in [2.45, 2.75) is 62.6 Å². The highest BCUT2D eigenvalue weighted by atomic mass is 35.5. The number of benzene rings is 3. The van der Waals surface area contributed by atoms with Crippen molar-refractivity contribution in [3.8, 4) is 5.75 Å². The van der Waals surface area contributed by atoms with Crippen LogP contribution in [-0.4, -0.2) is 50.9 Å². The topological polar surface area (TPSA) is 96.0 Å². The lowest BCUT2D eigenvalue weighted by Gasteiger charge is -2.33. The van der Waals surface area contributed by atoms with Gasteiger partial charge in [0.2, 0.25) is 11.8 Å². The summed E-state index contributed by atoms with van der Waals surface area (Å²) in [4.78, 5) is 29.2. The molecule has 0 saturated heterocycles. The number of rotatable bonds is 12. The Morgan fingerprint density at radius 3 is 2.20 bits per heavy atom. The number of carbonyl (C=O) groups excluding carboxylic acids is 2. The van der Waals surface area contributed by atoms with Crippen molar-refractivity contribution in [3.63, 3.8) is 0 Å². The molecule has 0 heterocycles. The van der Waals surface area contributed by atoms with E-state index in [1.807, 2.05) is 19.1 Å². The number of amides is 2. The Hall–Kier alpha value is -3.56. The first kappa shape index (κ1) is 30.4. The normalized spacial score (nSPS) is 14.3. The van der Waals surface area contributed by atoms with Gasteiger partial charge in [-0.15, -0.1) is 0 Å². The average Bonchev–Trinajstić information content (AvgIpc) is 3.50.